The van der Waals surface area contributed by atoms with Crippen LogP contribution in [0.2, 0.25) is 0 Å². The molecule has 3 heterocycles. The highest BCUT2D eigenvalue weighted by Gasteiger charge is 2.22. The van der Waals surface area contributed by atoms with Crippen molar-refractivity contribution in [2.45, 2.75) is 0 Å². The van der Waals surface area contributed by atoms with Gasteiger partial charge in [0, 0.05) is 65.3 Å². The van der Waals surface area contributed by atoms with Crippen LogP contribution >= 0.6 is 11.3 Å². The maximum atomic E-state index is 12.1. The predicted molar refractivity (Wildman–Crippen MR) is 215 cm³/mol. The first kappa shape index (κ1) is 30.8. The zero-order chi connectivity index (χ0) is 35.5. The van der Waals surface area contributed by atoms with Crippen LogP contribution in [0.3, 0.4) is 0 Å². The van der Waals surface area contributed by atoms with Gasteiger partial charge < -0.3 is 4.57 Å². The molecule has 53 heavy (non-hydrogen) atoms. The number of rotatable bonds is 6. The fourth-order valence-electron chi connectivity index (χ4n) is 7.34. The molecular formula is C45H27N5O2S. The van der Waals surface area contributed by atoms with Gasteiger partial charge in [0.2, 0.25) is 0 Å². The quantitative estimate of drug-likeness (QED) is 0.127. The van der Waals surface area contributed by atoms with Gasteiger partial charge in [0.05, 0.1) is 21.6 Å². The number of hydrogen-bond acceptors (Lipinski definition) is 6. The number of benzene rings is 7. The highest BCUT2D eigenvalue weighted by atomic mass is 32.1. The van der Waals surface area contributed by atoms with Crippen LogP contribution in [-0.2, 0) is 0 Å². The van der Waals surface area contributed by atoms with Crippen molar-refractivity contribution in [3.8, 4) is 51.0 Å². The van der Waals surface area contributed by atoms with Crippen molar-refractivity contribution >= 4 is 59.0 Å². The highest BCUT2D eigenvalue weighted by molar-refractivity contribution is 7.26. The first-order chi connectivity index (χ1) is 26.1. The van der Waals surface area contributed by atoms with E-state index in [1.54, 1.807) is 23.5 Å². The van der Waals surface area contributed by atoms with Gasteiger partial charge in [-0.2, -0.15) is 0 Å². The van der Waals surface area contributed by atoms with Gasteiger partial charge in [-0.1, -0.05) is 115 Å². The summed E-state index contributed by atoms with van der Waals surface area (Å²) in [5.41, 5.74) is 7.09. The SMILES string of the molecule is O=[N+]([O-])c1cccc(-c2cc(-c3nc(-c4ccccc4)nc(-c4ccccc4)n3)ccc2-n2c3ccccc3c3ccc4sc5ccccc5c4c32)c1. The second-order valence-corrected chi connectivity index (χ2v) is 13.9. The summed E-state index contributed by atoms with van der Waals surface area (Å²) in [6.45, 7) is 0. The summed E-state index contributed by atoms with van der Waals surface area (Å²) in [7, 11) is 0. The molecule has 0 aliphatic heterocycles. The van der Waals surface area contributed by atoms with Gasteiger partial charge >= 0.3 is 0 Å². The van der Waals surface area contributed by atoms with Crippen LogP contribution < -0.4 is 0 Å². The van der Waals surface area contributed by atoms with Crippen molar-refractivity contribution < 1.29 is 4.92 Å². The number of para-hydroxylation sites is 1. The second kappa shape index (κ2) is 12.3. The van der Waals surface area contributed by atoms with Gasteiger partial charge in [-0.15, -0.1) is 11.3 Å². The third-order valence-corrected chi connectivity index (χ3v) is 10.9. The van der Waals surface area contributed by atoms with Crippen LogP contribution in [0.15, 0.2) is 164 Å². The molecule has 0 radical (unpaired) electrons. The van der Waals surface area contributed by atoms with E-state index in [1.165, 1.54) is 26.2 Å². The number of thiophene rings is 1. The summed E-state index contributed by atoms with van der Waals surface area (Å²) in [6.07, 6.45) is 0. The second-order valence-electron chi connectivity index (χ2n) is 12.9. The molecule has 0 atom stereocenters. The lowest BCUT2D eigenvalue weighted by atomic mass is 9.99. The number of hydrogen-bond donors (Lipinski definition) is 0. The monoisotopic (exact) mass is 701 g/mol. The van der Waals surface area contributed by atoms with E-state index in [9.17, 15) is 10.1 Å². The Balaban J connectivity index is 1.29. The molecule has 0 amide bonds. The van der Waals surface area contributed by atoms with Crippen LogP contribution in [0.4, 0.5) is 5.69 Å². The standard InChI is InChI=1S/C45H27N5O2S/c51-50(52)32-17-11-16-30(26-32)36-27-31(45-47-43(28-12-3-1-4-13-28)46-44(48-45)29-14-5-2-6-15-29)22-24-38(36)49-37-20-9-7-18-33(37)34-23-25-40-41(42(34)49)35-19-8-10-21-39(35)53-40/h1-27H. The molecule has 0 aliphatic carbocycles. The number of nitro groups is 1. The average molecular weight is 702 g/mol. The Kier molecular flexibility index (Phi) is 7.16. The molecule has 0 saturated carbocycles. The molecule has 8 heteroatoms. The van der Waals surface area contributed by atoms with E-state index >= 15 is 0 Å². The summed E-state index contributed by atoms with van der Waals surface area (Å²) in [5.74, 6) is 1.62. The molecule has 0 spiro atoms. The van der Waals surface area contributed by atoms with Crippen LogP contribution in [0.5, 0.6) is 0 Å². The maximum absolute atomic E-state index is 12.1. The molecule has 10 rings (SSSR count). The van der Waals surface area contributed by atoms with Gasteiger partial charge in [0.15, 0.2) is 17.5 Å². The van der Waals surface area contributed by atoms with E-state index in [0.717, 1.165) is 49.7 Å². The van der Waals surface area contributed by atoms with Crippen molar-refractivity contribution in [2.24, 2.45) is 0 Å². The molecule has 3 aromatic heterocycles. The zero-order valence-electron chi connectivity index (χ0n) is 28.0. The lowest BCUT2D eigenvalue weighted by Gasteiger charge is -2.16. The summed E-state index contributed by atoms with van der Waals surface area (Å²) >= 11 is 1.78. The van der Waals surface area contributed by atoms with Crippen molar-refractivity contribution in [3.63, 3.8) is 0 Å². The smallest absolute Gasteiger partial charge is 0.270 e. The molecule has 0 fully saturated rings. The predicted octanol–water partition coefficient (Wildman–Crippen LogP) is 11.9. The van der Waals surface area contributed by atoms with E-state index in [2.05, 4.69) is 77.4 Å². The van der Waals surface area contributed by atoms with E-state index in [1.807, 2.05) is 72.8 Å². The van der Waals surface area contributed by atoms with Gasteiger partial charge in [0.1, 0.15) is 0 Å². The zero-order valence-corrected chi connectivity index (χ0v) is 28.9. The van der Waals surface area contributed by atoms with Crippen molar-refractivity contribution in [1.29, 1.82) is 0 Å². The molecule has 0 aliphatic rings. The largest absolute Gasteiger partial charge is 0.308 e. The van der Waals surface area contributed by atoms with E-state index in [-0.39, 0.29) is 10.6 Å². The van der Waals surface area contributed by atoms with Gasteiger partial charge in [0.25, 0.3) is 5.69 Å². The number of nitro benzene ring substituents is 1. The lowest BCUT2D eigenvalue weighted by molar-refractivity contribution is -0.384. The summed E-state index contributed by atoms with van der Waals surface area (Å²) < 4.78 is 4.74. The Morgan fingerprint density at radius 3 is 1.85 bits per heavy atom. The summed E-state index contributed by atoms with van der Waals surface area (Å²) in [4.78, 5) is 26.6. The average Bonchev–Trinajstić information content (AvgIpc) is 3.77. The molecule has 0 saturated heterocycles. The first-order valence-corrected chi connectivity index (χ1v) is 18.0. The van der Waals surface area contributed by atoms with Crippen molar-refractivity contribution in [3.05, 3.63) is 174 Å². The van der Waals surface area contributed by atoms with Crippen LogP contribution in [0.25, 0.3) is 93.0 Å². The minimum Gasteiger partial charge on any atom is -0.308 e. The minimum absolute atomic E-state index is 0.0187. The molecule has 0 bridgehead atoms. The van der Waals surface area contributed by atoms with Gasteiger partial charge in [-0.05, 0) is 42.0 Å². The number of nitrogens with zero attached hydrogens (tertiary/aromatic N) is 5. The van der Waals surface area contributed by atoms with Crippen molar-refractivity contribution in [2.75, 3.05) is 0 Å². The van der Waals surface area contributed by atoms with Gasteiger partial charge in [-0.3, -0.25) is 10.1 Å². The Bertz CT molecular complexity index is 2990. The fraction of sp³-hybridized carbons (Fsp3) is 0. The molecule has 250 valence electrons. The van der Waals surface area contributed by atoms with Crippen molar-refractivity contribution in [1.82, 2.24) is 19.5 Å². The number of non-ortho nitro benzene ring substituents is 1. The molecule has 0 N–H and O–H groups in total. The number of fused-ring (bicyclic) bond motifs is 7. The lowest BCUT2D eigenvalue weighted by Crippen LogP contribution is -2.02. The fourth-order valence-corrected chi connectivity index (χ4v) is 8.45. The Morgan fingerprint density at radius 2 is 1.13 bits per heavy atom. The first-order valence-electron chi connectivity index (χ1n) is 17.2. The van der Waals surface area contributed by atoms with Crippen LogP contribution in [0.1, 0.15) is 0 Å². The molecule has 7 nitrogen and oxygen atoms in total. The topological polar surface area (TPSA) is 86.7 Å². The highest BCUT2D eigenvalue weighted by Crippen LogP contribution is 2.45. The molecule has 10 aromatic rings. The Hall–Kier alpha value is -7.03. The Morgan fingerprint density at radius 1 is 0.509 bits per heavy atom. The summed E-state index contributed by atoms with van der Waals surface area (Å²) in [6, 6.07) is 54.2. The molecule has 7 aromatic carbocycles. The van der Waals surface area contributed by atoms with Crippen LogP contribution in [-0.4, -0.2) is 24.4 Å². The maximum Gasteiger partial charge on any atom is 0.270 e. The van der Waals surface area contributed by atoms with Crippen LogP contribution in [0, 0.1) is 10.1 Å². The van der Waals surface area contributed by atoms with E-state index in [4.69, 9.17) is 15.0 Å². The number of aromatic nitrogens is 4. The van der Waals surface area contributed by atoms with E-state index in [0.29, 0.717) is 23.0 Å². The molecular weight excluding hydrogens is 675 g/mol. The third kappa shape index (κ3) is 5.15. The normalized spacial score (nSPS) is 11.5. The third-order valence-electron chi connectivity index (χ3n) is 9.74. The van der Waals surface area contributed by atoms with E-state index < -0.39 is 0 Å². The Labute approximate surface area is 307 Å². The van der Waals surface area contributed by atoms with Gasteiger partial charge in [-0.25, -0.2) is 15.0 Å². The summed E-state index contributed by atoms with van der Waals surface area (Å²) in [5, 5.41) is 16.8. The minimum atomic E-state index is -0.348. The molecule has 0 unspecified atom stereocenters.